The number of carbonyl (C=O) groups is 3. The maximum atomic E-state index is 10.6. The van der Waals surface area contributed by atoms with Crippen LogP contribution in [0, 0.1) is 40.6 Å². The minimum Gasteiger partial charge on any atom is -0.870 e. The van der Waals surface area contributed by atoms with Crippen molar-refractivity contribution in [3.05, 3.63) is 45.7 Å². The first-order valence-corrected chi connectivity index (χ1v) is 10.3. The molecular weight excluding hydrogens is 601 g/mol. The molecule has 24 heteroatoms. The second-order valence-electron chi connectivity index (χ2n) is 6.61. The van der Waals surface area contributed by atoms with Crippen LogP contribution in [-0.2, 0) is 28.9 Å². The van der Waals surface area contributed by atoms with Crippen LogP contribution in [0.15, 0.2) is 6.07 Å². The summed E-state index contributed by atoms with van der Waals surface area (Å²) in [5.74, 6) is 4.93. The van der Waals surface area contributed by atoms with E-state index in [9.17, 15) is 14.4 Å². The Balaban J connectivity index is -0.000000111. The van der Waals surface area contributed by atoms with Crippen LogP contribution in [0.4, 0.5) is 17.5 Å². The molecule has 0 amide bonds. The number of nitrogens with zero attached hydrogens (tertiary/aromatic N) is 7. The fourth-order valence-electron chi connectivity index (χ4n) is 2.31. The number of H-pyrrole nitrogens is 3. The molecule has 0 unspecified atom stereocenters. The number of hydrogen-bond donors (Lipinski definition) is 11. The van der Waals surface area contributed by atoms with Gasteiger partial charge >= 0.3 is 47.5 Å². The third kappa shape index (κ3) is 19.3. The van der Waals surface area contributed by atoms with Crippen molar-refractivity contribution in [1.29, 1.82) is 15.8 Å². The third-order valence-corrected chi connectivity index (χ3v) is 3.79. The molecule has 3 heterocycles. The predicted octanol–water partition coefficient (Wildman–Crippen LogP) is -5.64. The van der Waals surface area contributed by atoms with Crippen LogP contribution in [0.2, 0.25) is 0 Å². The molecule has 0 aromatic carbocycles. The zero-order valence-corrected chi connectivity index (χ0v) is 24.9. The molecule has 3 rings (SSSR count). The first-order valence-electron chi connectivity index (χ1n) is 10.3. The van der Waals surface area contributed by atoms with Crippen LogP contribution in [0.5, 0.6) is 0 Å². The SMILES string of the molecule is N#CCc1[nH]nc(N)c1C#N.NN.Nc1cc(CC(=O)O)[nH]n1.Nc1n[nH]c(CC(=O)O)c1C(=O)O.O.[2HH].[C-]#[N+]CC#N.[Na+].[OH-]. The van der Waals surface area contributed by atoms with Crippen molar-refractivity contribution in [2.75, 3.05) is 23.7 Å². The number of nitrogens with one attached hydrogen (secondary N) is 3. The normalized spacial score (nSPS) is 7.86. The van der Waals surface area contributed by atoms with Gasteiger partial charge in [0.25, 0.3) is 6.54 Å². The Bertz CT molecular complexity index is 1450. The second-order valence-corrected chi connectivity index (χ2v) is 6.61. The summed E-state index contributed by atoms with van der Waals surface area (Å²) in [5.41, 5.74) is 16.7. The van der Waals surface area contributed by atoms with Gasteiger partial charge in [0, 0.05) is 13.2 Å². The fourth-order valence-corrected chi connectivity index (χ4v) is 2.31. The zero-order chi connectivity index (χ0) is 32.0. The molecule has 0 spiro atoms. The molecule has 0 atom stereocenters. The van der Waals surface area contributed by atoms with Crippen LogP contribution in [0.25, 0.3) is 4.85 Å². The van der Waals surface area contributed by atoms with Crippen molar-refractivity contribution in [2.24, 2.45) is 11.7 Å². The molecule has 23 nitrogen and oxygen atoms in total. The van der Waals surface area contributed by atoms with Crippen molar-refractivity contribution in [3.63, 3.8) is 0 Å². The summed E-state index contributed by atoms with van der Waals surface area (Å²) in [6.45, 7) is 5.99. The quantitative estimate of drug-likeness (QED) is 0.0396. The number of nitrogens with two attached hydrogens (primary N) is 5. The molecular formula is C20H30N15NaO8. The van der Waals surface area contributed by atoms with Crippen LogP contribution < -0.4 is 58.4 Å². The van der Waals surface area contributed by atoms with Gasteiger partial charge in [-0.15, -0.1) is 0 Å². The van der Waals surface area contributed by atoms with Crippen LogP contribution in [0.1, 0.15) is 34.4 Å². The summed E-state index contributed by atoms with van der Waals surface area (Å²) in [6, 6.07) is 6.91. The molecule has 234 valence electrons. The molecule has 0 fully saturated rings. The van der Waals surface area contributed by atoms with Crippen molar-refractivity contribution < 1.29 is 71.6 Å². The van der Waals surface area contributed by atoms with Gasteiger partial charge in [0.15, 0.2) is 11.6 Å². The number of aromatic carboxylic acids is 1. The number of aliphatic carboxylic acids is 2. The Kier molecular flexibility index (Phi) is 29.9. The topological polar surface area (TPSA) is 465 Å². The standard InChI is InChI=1S/C6H5N5.C6H7N3O4.C5H7N3O2.C3H2N2.H4N2.Na.2H2O.H2/c7-2-1-5-4(3-8)6(9)11-10-5;7-5-4(6(12)13)2(8-9-5)1-3(10)11;6-4-1-3(7-8-4)2-5(9)10;1-5-3-2-4;1-2;;;;/h1H2,(H3,9,10,11);1H2,(H,10,11)(H,12,13)(H3,7,8,9);1H,2H2,(H,9,10)(H3,6,7,8);3H2;1-2H2;;2*1H2;1H/q;;;;;+1;;;/p-1/i;;;;;;;;1+1. The van der Waals surface area contributed by atoms with E-state index in [0.29, 0.717) is 17.2 Å². The van der Waals surface area contributed by atoms with Gasteiger partial charge in [0.2, 0.25) is 0 Å². The van der Waals surface area contributed by atoms with E-state index in [1.165, 1.54) is 6.07 Å². The molecule has 44 heavy (non-hydrogen) atoms. The number of hydrazine groups is 1. The summed E-state index contributed by atoms with van der Waals surface area (Å²) >= 11 is 0. The number of nitriles is 3. The average molecular weight is 633 g/mol. The molecule has 0 bridgehead atoms. The average Bonchev–Trinajstić information content (AvgIpc) is 3.59. The summed E-state index contributed by atoms with van der Waals surface area (Å²) in [4.78, 5) is 33.7. The number of hydrogen-bond acceptors (Lipinski definition) is 15. The monoisotopic (exact) mass is 632 g/mol. The third-order valence-electron chi connectivity index (χ3n) is 3.79. The number of anilines is 3. The predicted molar refractivity (Wildman–Crippen MR) is 146 cm³/mol. The molecule has 3 aromatic rings. The molecule has 0 aliphatic carbocycles. The smallest absolute Gasteiger partial charge is 0.870 e. The van der Waals surface area contributed by atoms with Crippen LogP contribution in [0.3, 0.4) is 0 Å². The molecule has 0 saturated carbocycles. The number of rotatable bonds is 6. The van der Waals surface area contributed by atoms with Crippen molar-refractivity contribution in [1.82, 2.24) is 30.6 Å². The van der Waals surface area contributed by atoms with Gasteiger partial charge in [-0.2, -0.15) is 31.1 Å². The Morgan fingerprint density at radius 3 is 1.80 bits per heavy atom. The van der Waals surface area contributed by atoms with E-state index in [1.807, 2.05) is 12.1 Å². The van der Waals surface area contributed by atoms with Crippen LogP contribution in [-0.4, -0.2) is 81.3 Å². The van der Waals surface area contributed by atoms with Gasteiger partial charge in [-0.25, -0.2) is 11.4 Å². The van der Waals surface area contributed by atoms with Gasteiger partial charge in [-0.1, -0.05) is 0 Å². The van der Waals surface area contributed by atoms with Gasteiger partial charge in [0.05, 0.1) is 36.7 Å². The Hall–Kier alpha value is -5.76. The van der Waals surface area contributed by atoms with Gasteiger partial charge in [-0.05, 0) is 0 Å². The molecule has 3 aromatic heterocycles. The van der Waals surface area contributed by atoms with E-state index in [0.717, 1.165) is 0 Å². The Morgan fingerprint density at radius 1 is 0.909 bits per heavy atom. The van der Waals surface area contributed by atoms with Crippen molar-refractivity contribution in [3.8, 4) is 18.2 Å². The van der Waals surface area contributed by atoms with Crippen molar-refractivity contribution in [2.45, 2.75) is 19.3 Å². The fraction of sp³-hybridized carbons (Fsp3) is 0.200. The second kappa shape index (κ2) is 27.4. The van der Waals surface area contributed by atoms with E-state index in [4.69, 9.17) is 54.9 Å². The minimum atomic E-state index is -1.29. The number of carboxylic acid groups (broad SMARTS) is 3. The summed E-state index contributed by atoms with van der Waals surface area (Å²) in [5, 5.41) is 67.5. The first-order chi connectivity index (χ1) is 19.4. The number of carboxylic acids is 3. The Morgan fingerprint density at radius 2 is 1.43 bits per heavy atom. The van der Waals surface area contributed by atoms with Crippen LogP contribution >= 0.6 is 0 Å². The van der Waals surface area contributed by atoms with Gasteiger partial charge in [-0.3, -0.25) is 36.6 Å². The van der Waals surface area contributed by atoms with E-state index in [2.05, 4.69) is 47.1 Å². The van der Waals surface area contributed by atoms with E-state index in [1.54, 1.807) is 6.07 Å². The molecule has 0 saturated heterocycles. The minimum absolute atomic E-state index is 0. The largest absolute Gasteiger partial charge is 1.00 e. The summed E-state index contributed by atoms with van der Waals surface area (Å²) in [6.07, 6.45) is -0.372. The summed E-state index contributed by atoms with van der Waals surface area (Å²) < 4.78 is 0. The Labute approximate surface area is 271 Å². The zero-order valence-electron chi connectivity index (χ0n) is 22.9. The molecule has 0 radical (unpaired) electrons. The number of aromatic amines is 3. The first kappa shape index (κ1) is 48.0. The summed E-state index contributed by atoms with van der Waals surface area (Å²) in [7, 11) is 0. The van der Waals surface area contributed by atoms with E-state index < -0.39 is 24.3 Å². The van der Waals surface area contributed by atoms with E-state index >= 15 is 0 Å². The van der Waals surface area contributed by atoms with E-state index in [-0.39, 0.29) is 89.8 Å². The maximum absolute atomic E-state index is 10.6. The molecule has 0 aliphatic rings. The number of aromatic nitrogens is 6. The molecule has 19 N–H and O–H groups in total. The van der Waals surface area contributed by atoms with Gasteiger partial charge in [0.1, 0.15) is 29.1 Å². The van der Waals surface area contributed by atoms with Gasteiger partial charge < -0.3 is 48.3 Å². The number of nitrogen functional groups attached to an aromatic ring is 3. The maximum Gasteiger partial charge on any atom is 1.00 e. The van der Waals surface area contributed by atoms with Crippen molar-refractivity contribution >= 4 is 35.4 Å². The molecule has 0 aliphatic heterocycles.